The minimum absolute atomic E-state index is 0.0231. The van der Waals surface area contributed by atoms with Gasteiger partial charge in [-0.1, -0.05) is 18.2 Å². The van der Waals surface area contributed by atoms with Gasteiger partial charge >= 0.3 is 6.18 Å². The molecule has 1 aromatic carbocycles. The van der Waals surface area contributed by atoms with Gasteiger partial charge in [0.2, 0.25) is 5.91 Å². The van der Waals surface area contributed by atoms with E-state index in [1.807, 2.05) is 0 Å². The average molecular weight is 372 g/mol. The first-order chi connectivity index (χ1) is 11.8. The van der Waals surface area contributed by atoms with E-state index < -0.39 is 18.7 Å². The van der Waals surface area contributed by atoms with Crippen LogP contribution in [0.4, 0.5) is 18.9 Å². The maximum atomic E-state index is 12.2. The molecule has 0 saturated carbocycles. The molecule has 1 aromatic heterocycles. The Morgan fingerprint density at radius 1 is 1.12 bits per heavy atom. The Labute approximate surface area is 145 Å². The Kier molecular flexibility index (Phi) is 6.40. The molecular formula is C16H15F3N2O3S. The molecule has 0 aliphatic carbocycles. The van der Waals surface area contributed by atoms with Crippen LogP contribution in [0.25, 0.3) is 0 Å². The van der Waals surface area contributed by atoms with Crippen molar-refractivity contribution in [3.63, 3.8) is 0 Å². The van der Waals surface area contributed by atoms with Gasteiger partial charge in [0.05, 0.1) is 10.6 Å². The number of para-hydroxylation sites is 2. The predicted molar refractivity (Wildman–Crippen MR) is 87.9 cm³/mol. The van der Waals surface area contributed by atoms with Crippen molar-refractivity contribution in [3.05, 3.63) is 46.7 Å². The highest BCUT2D eigenvalue weighted by molar-refractivity contribution is 7.12. The van der Waals surface area contributed by atoms with E-state index in [1.54, 1.807) is 23.6 Å². The zero-order chi connectivity index (χ0) is 18.3. The molecule has 0 bridgehead atoms. The molecule has 134 valence electrons. The number of hydrogen-bond donors (Lipinski definition) is 2. The molecule has 2 aromatic rings. The van der Waals surface area contributed by atoms with E-state index in [0.717, 1.165) is 0 Å². The third-order valence-corrected chi connectivity index (χ3v) is 3.80. The van der Waals surface area contributed by atoms with Gasteiger partial charge in [-0.2, -0.15) is 13.2 Å². The van der Waals surface area contributed by atoms with Crippen LogP contribution in [0.2, 0.25) is 0 Å². The summed E-state index contributed by atoms with van der Waals surface area (Å²) in [6.07, 6.45) is -4.49. The Morgan fingerprint density at radius 3 is 2.56 bits per heavy atom. The number of rotatable bonds is 7. The van der Waals surface area contributed by atoms with Crippen molar-refractivity contribution in [3.8, 4) is 5.75 Å². The fourth-order valence-electron chi connectivity index (χ4n) is 1.85. The maximum Gasteiger partial charge on any atom is 0.422 e. The van der Waals surface area contributed by atoms with Crippen LogP contribution in [0.1, 0.15) is 16.1 Å². The zero-order valence-electron chi connectivity index (χ0n) is 12.9. The highest BCUT2D eigenvalue weighted by Gasteiger charge is 2.28. The van der Waals surface area contributed by atoms with Gasteiger partial charge in [-0.3, -0.25) is 9.59 Å². The van der Waals surface area contributed by atoms with Crippen molar-refractivity contribution in [1.29, 1.82) is 0 Å². The lowest BCUT2D eigenvalue weighted by Gasteiger charge is -2.13. The van der Waals surface area contributed by atoms with Crippen molar-refractivity contribution in [2.24, 2.45) is 0 Å². The summed E-state index contributed by atoms with van der Waals surface area (Å²) in [7, 11) is 0. The maximum absolute atomic E-state index is 12.2. The number of alkyl halides is 3. The number of amides is 2. The molecular weight excluding hydrogens is 357 g/mol. The van der Waals surface area contributed by atoms with Gasteiger partial charge in [-0.15, -0.1) is 11.3 Å². The molecule has 0 unspecified atom stereocenters. The van der Waals surface area contributed by atoms with E-state index in [4.69, 9.17) is 0 Å². The average Bonchev–Trinajstić information content (AvgIpc) is 3.07. The molecule has 25 heavy (non-hydrogen) atoms. The summed E-state index contributed by atoms with van der Waals surface area (Å²) in [5, 5.41) is 6.83. The van der Waals surface area contributed by atoms with E-state index in [1.165, 1.54) is 29.5 Å². The number of halogens is 3. The van der Waals surface area contributed by atoms with Gasteiger partial charge < -0.3 is 15.4 Å². The topological polar surface area (TPSA) is 67.4 Å². The lowest BCUT2D eigenvalue weighted by Crippen LogP contribution is -2.27. The van der Waals surface area contributed by atoms with E-state index >= 15 is 0 Å². The number of hydrogen-bond acceptors (Lipinski definition) is 4. The van der Waals surface area contributed by atoms with E-state index in [-0.39, 0.29) is 30.3 Å². The van der Waals surface area contributed by atoms with Crippen molar-refractivity contribution in [2.45, 2.75) is 12.6 Å². The fraction of sp³-hybridized carbons (Fsp3) is 0.250. The van der Waals surface area contributed by atoms with Crippen LogP contribution in [0.15, 0.2) is 41.8 Å². The Morgan fingerprint density at radius 2 is 1.88 bits per heavy atom. The van der Waals surface area contributed by atoms with E-state index in [2.05, 4.69) is 15.4 Å². The first kappa shape index (κ1) is 18.8. The van der Waals surface area contributed by atoms with E-state index in [0.29, 0.717) is 4.88 Å². The van der Waals surface area contributed by atoms with Crippen molar-refractivity contribution < 1.29 is 27.5 Å². The third-order valence-electron chi connectivity index (χ3n) is 2.94. The van der Waals surface area contributed by atoms with Crippen LogP contribution < -0.4 is 15.4 Å². The molecule has 0 aliphatic rings. The molecule has 2 amide bonds. The number of benzene rings is 1. The second-order valence-corrected chi connectivity index (χ2v) is 5.88. The van der Waals surface area contributed by atoms with Crippen molar-refractivity contribution in [1.82, 2.24) is 5.32 Å². The Bertz CT molecular complexity index is 718. The lowest BCUT2D eigenvalue weighted by atomic mass is 10.2. The first-order valence-electron chi connectivity index (χ1n) is 7.25. The molecule has 0 atom stereocenters. The highest BCUT2D eigenvalue weighted by atomic mass is 32.1. The number of thiophene rings is 1. The summed E-state index contributed by atoms with van der Waals surface area (Å²) >= 11 is 1.28. The summed E-state index contributed by atoms with van der Waals surface area (Å²) < 4.78 is 41.4. The summed E-state index contributed by atoms with van der Waals surface area (Å²) in [4.78, 5) is 24.1. The normalized spacial score (nSPS) is 11.0. The Balaban J connectivity index is 1.83. The molecule has 0 radical (unpaired) electrons. The van der Waals surface area contributed by atoms with Crippen LogP contribution in [0, 0.1) is 0 Å². The second kappa shape index (κ2) is 8.52. The summed E-state index contributed by atoms with van der Waals surface area (Å²) in [5.74, 6) is -0.804. The highest BCUT2D eigenvalue weighted by Crippen LogP contribution is 2.26. The summed E-state index contributed by atoms with van der Waals surface area (Å²) in [6.45, 7) is -1.34. The molecule has 0 spiro atoms. The minimum atomic E-state index is -4.47. The van der Waals surface area contributed by atoms with Gasteiger partial charge in [-0.05, 0) is 23.6 Å². The monoisotopic (exact) mass is 372 g/mol. The van der Waals surface area contributed by atoms with Gasteiger partial charge in [-0.25, -0.2) is 0 Å². The minimum Gasteiger partial charge on any atom is -0.482 e. The van der Waals surface area contributed by atoms with Crippen molar-refractivity contribution in [2.75, 3.05) is 18.5 Å². The standard InChI is InChI=1S/C16H15F3N2O3S/c17-16(18,19)10-24-12-5-2-1-4-11(12)21-14(22)7-8-20-15(23)13-6-3-9-25-13/h1-6,9H,7-8,10H2,(H,20,23)(H,21,22). The number of nitrogens with one attached hydrogen (secondary N) is 2. The molecule has 0 fully saturated rings. The van der Waals surface area contributed by atoms with Crippen LogP contribution >= 0.6 is 11.3 Å². The first-order valence-corrected chi connectivity index (χ1v) is 8.13. The van der Waals surface area contributed by atoms with Crippen LogP contribution in [0.5, 0.6) is 5.75 Å². The molecule has 5 nitrogen and oxygen atoms in total. The van der Waals surface area contributed by atoms with Crippen LogP contribution in [-0.4, -0.2) is 31.1 Å². The van der Waals surface area contributed by atoms with Gasteiger partial charge in [0.15, 0.2) is 6.61 Å². The molecule has 2 N–H and O–H groups in total. The third kappa shape index (κ3) is 6.46. The fourth-order valence-corrected chi connectivity index (χ4v) is 2.49. The number of ether oxygens (including phenoxy) is 1. The van der Waals surface area contributed by atoms with Gasteiger partial charge in [0.1, 0.15) is 5.75 Å². The van der Waals surface area contributed by atoms with Gasteiger partial charge in [0.25, 0.3) is 5.91 Å². The molecule has 0 aliphatic heterocycles. The molecule has 0 saturated heterocycles. The quantitative estimate of drug-likeness (QED) is 0.782. The number of anilines is 1. The number of carbonyl (C=O) groups excluding carboxylic acids is 2. The van der Waals surface area contributed by atoms with Crippen LogP contribution in [0.3, 0.4) is 0 Å². The van der Waals surface area contributed by atoms with Crippen molar-refractivity contribution >= 4 is 28.8 Å². The SMILES string of the molecule is O=C(CCNC(=O)c1cccs1)Nc1ccccc1OCC(F)(F)F. The van der Waals surface area contributed by atoms with E-state index in [9.17, 15) is 22.8 Å². The molecule has 9 heteroatoms. The lowest BCUT2D eigenvalue weighted by molar-refractivity contribution is -0.153. The van der Waals surface area contributed by atoms with Gasteiger partial charge in [0, 0.05) is 13.0 Å². The smallest absolute Gasteiger partial charge is 0.422 e. The second-order valence-electron chi connectivity index (χ2n) is 4.93. The molecule has 1 heterocycles. The number of carbonyl (C=O) groups is 2. The summed E-state index contributed by atoms with van der Waals surface area (Å²) in [6, 6.07) is 9.24. The molecule has 2 rings (SSSR count). The van der Waals surface area contributed by atoms with Crippen LogP contribution in [-0.2, 0) is 4.79 Å². The summed E-state index contributed by atoms with van der Waals surface area (Å²) in [5.41, 5.74) is 0.140. The largest absolute Gasteiger partial charge is 0.482 e. The Hall–Kier alpha value is -2.55. The zero-order valence-corrected chi connectivity index (χ0v) is 13.7. The predicted octanol–water partition coefficient (Wildman–Crippen LogP) is 3.45.